The highest BCUT2D eigenvalue weighted by Gasteiger charge is 2.14. The molecule has 0 unspecified atom stereocenters. The van der Waals surface area contributed by atoms with E-state index in [0.29, 0.717) is 11.3 Å². The van der Waals surface area contributed by atoms with Gasteiger partial charge in [-0.25, -0.2) is 0 Å². The van der Waals surface area contributed by atoms with Crippen LogP contribution in [0.3, 0.4) is 0 Å². The van der Waals surface area contributed by atoms with Crippen LogP contribution in [0.5, 0.6) is 5.75 Å². The smallest absolute Gasteiger partial charge is 0.256 e. The molecule has 0 atom stereocenters. The summed E-state index contributed by atoms with van der Waals surface area (Å²) in [6, 6.07) is 8.55. The Labute approximate surface area is 127 Å². The van der Waals surface area contributed by atoms with Crippen molar-refractivity contribution in [2.45, 2.75) is 13.8 Å². The molecule has 0 aliphatic carbocycles. The molecule has 0 spiro atoms. The van der Waals surface area contributed by atoms with Gasteiger partial charge in [-0.1, -0.05) is 41.4 Å². The van der Waals surface area contributed by atoms with Gasteiger partial charge in [0.1, 0.15) is 0 Å². The van der Waals surface area contributed by atoms with Crippen molar-refractivity contribution in [3.8, 4) is 5.75 Å². The summed E-state index contributed by atoms with van der Waals surface area (Å²) in [6.07, 6.45) is 0. The fourth-order valence-electron chi connectivity index (χ4n) is 2.00. The van der Waals surface area contributed by atoms with E-state index in [9.17, 15) is 9.90 Å². The number of carbonyl (C=O) groups is 1. The van der Waals surface area contributed by atoms with Gasteiger partial charge < -0.3 is 10.4 Å². The molecule has 0 bridgehead atoms. The summed E-state index contributed by atoms with van der Waals surface area (Å²) in [5, 5.41) is 12.4. The Balaban J connectivity index is 2.33. The zero-order valence-electron chi connectivity index (χ0n) is 11.0. The van der Waals surface area contributed by atoms with E-state index < -0.39 is 0 Å². The standard InChI is InChI=1S/C15H13Cl2NO2/c1-8-4-3-5-9(2)13(8)15(20)18-10-6-11(16)14(19)12(17)7-10/h3-7,19H,1-2H3,(H,18,20). The lowest BCUT2D eigenvalue weighted by Gasteiger charge is -2.11. The lowest BCUT2D eigenvalue weighted by atomic mass is 10.0. The van der Waals surface area contributed by atoms with E-state index in [1.807, 2.05) is 32.0 Å². The monoisotopic (exact) mass is 309 g/mol. The Morgan fingerprint density at radius 3 is 2.10 bits per heavy atom. The maximum absolute atomic E-state index is 12.3. The summed E-state index contributed by atoms with van der Waals surface area (Å²) in [5.74, 6) is -0.433. The second-order valence-corrected chi connectivity index (χ2v) is 5.32. The van der Waals surface area contributed by atoms with Crippen LogP contribution >= 0.6 is 23.2 Å². The highest BCUT2D eigenvalue weighted by Crippen LogP contribution is 2.34. The van der Waals surface area contributed by atoms with Crippen LogP contribution in [0.25, 0.3) is 0 Å². The molecule has 5 heteroatoms. The zero-order valence-corrected chi connectivity index (χ0v) is 12.5. The third-order valence-electron chi connectivity index (χ3n) is 2.98. The maximum atomic E-state index is 12.3. The molecule has 104 valence electrons. The number of anilines is 1. The predicted octanol–water partition coefficient (Wildman–Crippen LogP) is 4.57. The molecule has 20 heavy (non-hydrogen) atoms. The number of aromatic hydroxyl groups is 1. The third-order valence-corrected chi connectivity index (χ3v) is 3.56. The van der Waals surface area contributed by atoms with Gasteiger partial charge in [0.15, 0.2) is 5.75 Å². The molecule has 0 aromatic heterocycles. The zero-order chi connectivity index (χ0) is 14.9. The van der Waals surface area contributed by atoms with E-state index in [4.69, 9.17) is 23.2 Å². The fraction of sp³-hybridized carbons (Fsp3) is 0.133. The molecule has 0 aliphatic heterocycles. The number of hydrogen-bond donors (Lipinski definition) is 2. The van der Waals surface area contributed by atoms with Gasteiger partial charge in [0.25, 0.3) is 5.91 Å². The van der Waals surface area contributed by atoms with Crippen LogP contribution in [-0.4, -0.2) is 11.0 Å². The molecule has 1 amide bonds. The van der Waals surface area contributed by atoms with Gasteiger partial charge in [0.2, 0.25) is 0 Å². The minimum atomic E-state index is -0.238. The van der Waals surface area contributed by atoms with Gasteiger partial charge in [-0.05, 0) is 37.1 Å². The van der Waals surface area contributed by atoms with Crippen molar-refractivity contribution in [1.82, 2.24) is 0 Å². The van der Waals surface area contributed by atoms with Crippen molar-refractivity contribution in [2.24, 2.45) is 0 Å². The second kappa shape index (κ2) is 5.73. The largest absolute Gasteiger partial charge is 0.505 e. The number of rotatable bonds is 2. The van der Waals surface area contributed by atoms with Gasteiger partial charge in [-0.2, -0.15) is 0 Å². The number of hydrogen-bond acceptors (Lipinski definition) is 2. The summed E-state index contributed by atoms with van der Waals surface area (Å²) in [6.45, 7) is 3.75. The van der Waals surface area contributed by atoms with Crippen LogP contribution in [0.1, 0.15) is 21.5 Å². The molecule has 0 aliphatic rings. The summed E-state index contributed by atoms with van der Waals surface area (Å²) < 4.78 is 0. The first kappa shape index (κ1) is 14.7. The molecule has 0 saturated carbocycles. The molecule has 2 aromatic rings. The van der Waals surface area contributed by atoms with Gasteiger partial charge in [-0.3, -0.25) is 4.79 Å². The molecule has 3 nitrogen and oxygen atoms in total. The molecule has 0 fully saturated rings. The van der Waals surface area contributed by atoms with Crippen molar-refractivity contribution in [3.05, 3.63) is 57.1 Å². The number of carbonyl (C=O) groups excluding carboxylic acids is 1. The summed E-state index contributed by atoms with van der Waals surface area (Å²) in [5.41, 5.74) is 2.83. The number of phenolic OH excluding ortho intramolecular Hbond substituents is 1. The summed E-state index contributed by atoms with van der Waals surface area (Å²) in [4.78, 5) is 12.3. The van der Waals surface area contributed by atoms with Crippen LogP contribution in [0.15, 0.2) is 30.3 Å². The molecular weight excluding hydrogens is 297 g/mol. The number of benzene rings is 2. The Morgan fingerprint density at radius 2 is 1.60 bits per heavy atom. The topological polar surface area (TPSA) is 49.3 Å². The summed E-state index contributed by atoms with van der Waals surface area (Å²) in [7, 11) is 0. The van der Waals surface area contributed by atoms with Crippen LogP contribution in [-0.2, 0) is 0 Å². The van der Waals surface area contributed by atoms with Gasteiger partial charge in [0, 0.05) is 11.3 Å². The van der Waals surface area contributed by atoms with Crippen LogP contribution in [0, 0.1) is 13.8 Å². The van der Waals surface area contributed by atoms with Crippen LogP contribution < -0.4 is 5.32 Å². The van der Waals surface area contributed by atoms with E-state index >= 15 is 0 Å². The lowest BCUT2D eigenvalue weighted by molar-refractivity contribution is 0.102. The predicted molar refractivity (Wildman–Crippen MR) is 82.0 cm³/mol. The normalized spacial score (nSPS) is 10.4. The minimum Gasteiger partial charge on any atom is -0.505 e. The van der Waals surface area contributed by atoms with E-state index in [2.05, 4.69) is 5.32 Å². The Bertz CT molecular complexity index is 640. The van der Waals surface area contributed by atoms with E-state index in [-0.39, 0.29) is 21.7 Å². The van der Waals surface area contributed by atoms with Crippen molar-refractivity contribution in [1.29, 1.82) is 0 Å². The number of nitrogens with one attached hydrogen (secondary N) is 1. The minimum absolute atomic E-state index is 0.0919. The van der Waals surface area contributed by atoms with Crippen LogP contribution in [0.4, 0.5) is 5.69 Å². The van der Waals surface area contributed by atoms with Gasteiger partial charge in [-0.15, -0.1) is 0 Å². The molecule has 0 radical (unpaired) electrons. The van der Waals surface area contributed by atoms with E-state index in [0.717, 1.165) is 11.1 Å². The molecule has 2 rings (SSSR count). The van der Waals surface area contributed by atoms with Crippen molar-refractivity contribution < 1.29 is 9.90 Å². The number of amides is 1. The first-order valence-corrected chi connectivity index (χ1v) is 6.71. The highest BCUT2D eigenvalue weighted by molar-refractivity contribution is 6.37. The quantitative estimate of drug-likeness (QED) is 0.798. The summed E-state index contributed by atoms with van der Waals surface area (Å²) >= 11 is 11.7. The van der Waals surface area contributed by atoms with Crippen molar-refractivity contribution in [3.63, 3.8) is 0 Å². The highest BCUT2D eigenvalue weighted by atomic mass is 35.5. The van der Waals surface area contributed by atoms with Crippen molar-refractivity contribution >= 4 is 34.8 Å². The second-order valence-electron chi connectivity index (χ2n) is 4.51. The third kappa shape index (κ3) is 2.89. The first-order chi connectivity index (χ1) is 9.40. The van der Waals surface area contributed by atoms with E-state index in [1.54, 1.807) is 0 Å². The van der Waals surface area contributed by atoms with Gasteiger partial charge in [0.05, 0.1) is 10.0 Å². The fourth-order valence-corrected chi connectivity index (χ4v) is 2.49. The Hall–Kier alpha value is -1.71. The molecule has 2 aromatic carbocycles. The van der Waals surface area contributed by atoms with Gasteiger partial charge >= 0.3 is 0 Å². The molecule has 0 saturated heterocycles. The Morgan fingerprint density at radius 1 is 1.10 bits per heavy atom. The molecule has 0 heterocycles. The average molecular weight is 310 g/mol. The average Bonchev–Trinajstić information content (AvgIpc) is 2.35. The van der Waals surface area contributed by atoms with E-state index in [1.165, 1.54) is 12.1 Å². The number of phenols is 1. The van der Waals surface area contributed by atoms with Crippen molar-refractivity contribution in [2.75, 3.05) is 5.32 Å². The molecule has 2 N–H and O–H groups in total. The SMILES string of the molecule is Cc1cccc(C)c1C(=O)Nc1cc(Cl)c(O)c(Cl)c1. The number of halogens is 2. The first-order valence-electron chi connectivity index (χ1n) is 5.95. The number of aryl methyl sites for hydroxylation is 2. The Kier molecular flexibility index (Phi) is 4.21. The lowest BCUT2D eigenvalue weighted by Crippen LogP contribution is -2.15. The maximum Gasteiger partial charge on any atom is 0.256 e. The van der Waals surface area contributed by atoms with Crippen LogP contribution in [0.2, 0.25) is 10.0 Å². The molecular formula is C15H13Cl2NO2.